The van der Waals surface area contributed by atoms with E-state index in [2.05, 4.69) is 0 Å². The van der Waals surface area contributed by atoms with Gasteiger partial charge >= 0.3 is 0 Å². The van der Waals surface area contributed by atoms with Gasteiger partial charge in [-0.05, 0) is 47.9 Å². The van der Waals surface area contributed by atoms with E-state index in [9.17, 15) is 14.0 Å². The number of hydrogen-bond donors (Lipinski definition) is 0. The fourth-order valence-electron chi connectivity index (χ4n) is 4.15. The first-order valence-corrected chi connectivity index (χ1v) is 10.8. The van der Waals surface area contributed by atoms with Gasteiger partial charge in [-0.1, -0.05) is 59.6 Å². The molecule has 2 heterocycles. The highest BCUT2D eigenvalue weighted by Gasteiger charge is 2.42. The third-order valence-corrected chi connectivity index (χ3v) is 6.41. The van der Waals surface area contributed by atoms with Crippen molar-refractivity contribution in [1.82, 2.24) is 4.90 Å². The highest BCUT2D eigenvalue weighted by molar-refractivity contribution is 6.42. The van der Waals surface area contributed by atoms with Crippen molar-refractivity contribution in [2.45, 2.75) is 12.5 Å². The second-order valence-corrected chi connectivity index (χ2v) is 8.44. The summed E-state index contributed by atoms with van der Waals surface area (Å²) in [6.45, 7) is 0.349. The second kappa shape index (κ2) is 8.08. The summed E-state index contributed by atoms with van der Waals surface area (Å²) in [5.74, 6) is -0.977. The maximum absolute atomic E-state index is 13.9. The predicted octanol–water partition coefficient (Wildman–Crippen LogP) is 6.03. The Labute approximate surface area is 192 Å². The van der Waals surface area contributed by atoms with E-state index in [-0.39, 0.29) is 22.3 Å². The molecule has 1 aliphatic heterocycles. The Hall–Kier alpha value is -3.15. The number of rotatable bonds is 4. The molecule has 3 aromatic carbocycles. The fraction of sp³-hybridized carbons (Fsp3) is 0.120. The molecule has 1 aliphatic rings. The van der Waals surface area contributed by atoms with Crippen LogP contribution in [0.25, 0.3) is 11.0 Å². The van der Waals surface area contributed by atoms with Crippen molar-refractivity contribution in [3.63, 3.8) is 0 Å². The molecule has 1 unspecified atom stereocenters. The molecular weight excluding hydrogens is 452 g/mol. The van der Waals surface area contributed by atoms with Crippen LogP contribution in [0.1, 0.15) is 33.3 Å². The number of carbonyl (C=O) groups is 1. The molecule has 5 rings (SSSR count). The minimum absolute atomic E-state index is 0.0294. The van der Waals surface area contributed by atoms with Gasteiger partial charge in [0.1, 0.15) is 11.4 Å². The summed E-state index contributed by atoms with van der Waals surface area (Å²) in [5.41, 5.74) is 1.59. The van der Waals surface area contributed by atoms with Crippen molar-refractivity contribution in [2.75, 3.05) is 6.54 Å². The zero-order valence-corrected chi connectivity index (χ0v) is 18.2. The molecule has 0 saturated heterocycles. The van der Waals surface area contributed by atoms with Crippen LogP contribution in [0.3, 0.4) is 0 Å². The molecule has 32 heavy (non-hydrogen) atoms. The van der Waals surface area contributed by atoms with Crippen LogP contribution in [0.15, 0.2) is 75.9 Å². The van der Waals surface area contributed by atoms with Gasteiger partial charge in [-0.15, -0.1) is 0 Å². The Bertz CT molecular complexity index is 1420. The minimum atomic E-state index is -0.722. The van der Waals surface area contributed by atoms with Crippen LogP contribution in [0.2, 0.25) is 10.0 Å². The van der Waals surface area contributed by atoms with Gasteiger partial charge in [-0.25, -0.2) is 4.39 Å². The van der Waals surface area contributed by atoms with Gasteiger partial charge in [0.05, 0.1) is 27.0 Å². The van der Waals surface area contributed by atoms with E-state index in [0.717, 1.165) is 11.6 Å². The van der Waals surface area contributed by atoms with Gasteiger partial charge < -0.3 is 9.32 Å². The molecular formula is C25H16Cl2FNO3. The highest BCUT2D eigenvalue weighted by Crippen LogP contribution is 2.39. The molecule has 0 radical (unpaired) electrons. The van der Waals surface area contributed by atoms with Crippen molar-refractivity contribution >= 4 is 40.1 Å². The highest BCUT2D eigenvalue weighted by atomic mass is 35.5. The zero-order valence-electron chi connectivity index (χ0n) is 16.6. The molecule has 0 N–H and O–H groups in total. The SMILES string of the molecule is O=C1c2oc3ccc(F)cc3c(=O)c2C(c2ccc(Cl)c(Cl)c2)N1CCc1ccccc1. The van der Waals surface area contributed by atoms with E-state index in [4.69, 9.17) is 27.6 Å². The summed E-state index contributed by atoms with van der Waals surface area (Å²) >= 11 is 12.3. The number of benzene rings is 3. The van der Waals surface area contributed by atoms with Crippen LogP contribution in [-0.2, 0) is 6.42 Å². The van der Waals surface area contributed by atoms with Crippen molar-refractivity contribution in [1.29, 1.82) is 0 Å². The monoisotopic (exact) mass is 467 g/mol. The van der Waals surface area contributed by atoms with Crippen LogP contribution in [0.5, 0.6) is 0 Å². The van der Waals surface area contributed by atoms with Crippen LogP contribution < -0.4 is 5.43 Å². The molecule has 0 fully saturated rings. The van der Waals surface area contributed by atoms with E-state index in [0.29, 0.717) is 28.6 Å². The van der Waals surface area contributed by atoms with Crippen LogP contribution in [0.4, 0.5) is 4.39 Å². The maximum Gasteiger partial charge on any atom is 0.290 e. The largest absolute Gasteiger partial charge is 0.450 e. The summed E-state index contributed by atoms with van der Waals surface area (Å²) < 4.78 is 19.7. The minimum Gasteiger partial charge on any atom is -0.450 e. The van der Waals surface area contributed by atoms with E-state index >= 15 is 0 Å². The summed E-state index contributed by atoms with van der Waals surface area (Å²) in [5, 5.41) is 0.763. The summed E-state index contributed by atoms with van der Waals surface area (Å²) in [4.78, 5) is 28.4. The summed E-state index contributed by atoms with van der Waals surface area (Å²) in [6, 6.07) is 17.7. The average molecular weight is 468 g/mol. The Morgan fingerprint density at radius 2 is 1.72 bits per heavy atom. The van der Waals surface area contributed by atoms with Crippen LogP contribution in [0, 0.1) is 5.82 Å². The summed E-state index contributed by atoms with van der Waals surface area (Å²) in [7, 11) is 0. The molecule has 1 aromatic heterocycles. The Balaban J connectivity index is 1.67. The lowest BCUT2D eigenvalue weighted by Gasteiger charge is -2.25. The van der Waals surface area contributed by atoms with Crippen molar-refractivity contribution in [3.05, 3.63) is 115 Å². The third-order valence-electron chi connectivity index (χ3n) is 5.67. The molecule has 160 valence electrons. The molecule has 0 aliphatic carbocycles. The maximum atomic E-state index is 13.9. The number of carbonyl (C=O) groups excluding carboxylic acids is 1. The first-order valence-electron chi connectivity index (χ1n) is 10.00. The standard InChI is InChI=1S/C25H16Cl2FNO3/c26-18-8-6-15(12-19(18)27)22-21-23(30)17-13-16(28)7-9-20(17)32-24(21)25(31)29(22)11-10-14-4-2-1-3-5-14/h1-9,12-13,22H,10-11H2. The van der Waals surface area contributed by atoms with E-state index in [1.54, 1.807) is 23.1 Å². The van der Waals surface area contributed by atoms with Crippen molar-refractivity contribution in [2.24, 2.45) is 0 Å². The van der Waals surface area contributed by atoms with Crippen molar-refractivity contribution < 1.29 is 13.6 Å². The molecule has 0 bridgehead atoms. The van der Waals surface area contributed by atoms with Gasteiger partial charge in [0.15, 0.2) is 5.43 Å². The van der Waals surface area contributed by atoms with Gasteiger partial charge in [0.2, 0.25) is 5.76 Å². The molecule has 0 saturated carbocycles. The molecule has 4 nitrogen and oxygen atoms in total. The Morgan fingerprint density at radius 1 is 0.938 bits per heavy atom. The molecule has 7 heteroatoms. The Kier molecular flexibility index (Phi) is 5.24. The lowest BCUT2D eigenvalue weighted by Crippen LogP contribution is -2.31. The fourth-order valence-corrected chi connectivity index (χ4v) is 4.45. The van der Waals surface area contributed by atoms with E-state index in [1.165, 1.54) is 12.1 Å². The van der Waals surface area contributed by atoms with Crippen LogP contribution >= 0.6 is 23.2 Å². The van der Waals surface area contributed by atoms with E-state index < -0.39 is 23.2 Å². The molecule has 1 atom stereocenters. The van der Waals surface area contributed by atoms with Gasteiger partial charge in [-0.2, -0.15) is 0 Å². The third kappa shape index (κ3) is 3.48. The van der Waals surface area contributed by atoms with Gasteiger partial charge in [0.25, 0.3) is 5.91 Å². The second-order valence-electron chi connectivity index (χ2n) is 7.62. The molecule has 1 amide bonds. The number of amides is 1. The average Bonchev–Trinajstić information content (AvgIpc) is 3.07. The number of hydrogen-bond acceptors (Lipinski definition) is 3. The normalized spacial score (nSPS) is 15.4. The zero-order chi connectivity index (χ0) is 22.4. The topological polar surface area (TPSA) is 50.5 Å². The smallest absolute Gasteiger partial charge is 0.290 e. The number of fused-ring (bicyclic) bond motifs is 2. The number of halogens is 3. The van der Waals surface area contributed by atoms with Crippen LogP contribution in [-0.4, -0.2) is 17.4 Å². The lowest BCUT2D eigenvalue weighted by atomic mass is 9.98. The summed E-state index contributed by atoms with van der Waals surface area (Å²) in [6.07, 6.45) is 0.584. The lowest BCUT2D eigenvalue weighted by molar-refractivity contribution is 0.0730. The van der Waals surface area contributed by atoms with Gasteiger partial charge in [0, 0.05) is 6.54 Å². The quantitative estimate of drug-likeness (QED) is 0.368. The molecule has 4 aromatic rings. The Morgan fingerprint density at radius 3 is 2.47 bits per heavy atom. The predicted molar refractivity (Wildman–Crippen MR) is 122 cm³/mol. The van der Waals surface area contributed by atoms with Gasteiger partial charge in [-0.3, -0.25) is 9.59 Å². The first kappa shape index (κ1) is 20.7. The van der Waals surface area contributed by atoms with Crippen molar-refractivity contribution in [3.8, 4) is 0 Å². The van der Waals surface area contributed by atoms with E-state index in [1.807, 2.05) is 30.3 Å². The first-order chi connectivity index (χ1) is 15.4. The molecule has 0 spiro atoms. The number of nitrogens with zero attached hydrogens (tertiary/aromatic N) is 1.